The van der Waals surface area contributed by atoms with Crippen molar-refractivity contribution in [3.05, 3.63) is 47.8 Å². The van der Waals surface area contributed by atoms with Gasteiger partial charge < -0.3 is 10.6 Å². The van der Waals surface area contributed by atoms with Gasteiger partial charge in [0.2, 0.25) is 0 Å². The summed E-state index contributed by atoms with van der Waals surface area (Å²) in [6, 6.07) is 9.98. The van der Waals surface area contributed by atoms with Crippen molar-refractivity contribution < 1.29 is 4.79 Å². The average Bonchev–Trinajstić information content (AvgIpc) is 2.92. The fourth-order valence-corrected chi connectivity index (χ4v) is 3.10. The minimum Gasteiger partial charge on any atom is -0.338 e. The van der Waals surface area contributed by atoms with Crippen LogP contribution in [0.4, 0.5) is 0 Å². The molecule has 1 saturated heterocycles. The Labute approximate surface area is 149 Å². The number of piperidine rings is 1. The third-order valence-electron chi connectivity index (χ3n) is 4.75. The summed E-state index contributed by atoms with van der Waals surface area (Å²) in [7, 11) is 0. The molecule has 2 heterocycles. The van der Waals surface area contributed by atoms with Gasteiger partial charge in [0.1, 0.15) is 0 Å². The molecule has 0 aliphatic carbocycles. The summed E-state index contributed by atoms with van der Waals surface area (Å²) in [5.74, 6) is 0.0460. The quantitative estimate of drug-likeness (QED) is 0.907. The maximum atomic E-state index is 12.9. The largest absolute Gasteiger partial charge is 0.338 e. The van der Waals surface area contributed by atoms with Crippen LogP contribution in [0.2, 0.25) is 0 Å². The standard InChI is InChI=1S/C18H24N4O.ClH/c1-13-15(11-22(20-13)14-7-5-4-6-8-14)17(23)21-10-9-16(19)18(2,3)12-21;/h4-8,11,16H,9-10,12,19H2,1-3H3;1H. The number of carbonyl (C=O) groups excluding carboxylic acids is 1. The summed E-state index contributed by atoms with van der Waals surface area (Å²) in [6.07, 6.45) is 2.67. The Hall–Kier alpha value is -1.85. The van der Waals surface area contributed by atoms with Gasteiger partial charge in [-0.1, -0.05) is 32.0 Å². The van der Waals surface area contributed by atoms with E-state index in [1.807, 2.05) is 48.4 Å². The molecule has 24 heavy (non-hydrogen) atoms. The second-order valence-corrected chi connectivity index (χ2v) is 7.02. The molecule has 2 aromatic rings. The van der Waals surface area contributed by atoms with Crippen molar-refractivity contribution in [2.45, 2.75) is 33.2 Å². The van der Waals surface area contributed by atoms with Crippen molar-refractivity contribution in [3.63, 3.8) is 0 Å². The molecule has 1 aromatic heterocycles. The van der Waals surface area contributed by atoms with E-state index in [0.29, 0.717) is 18.7 Å². The van der Waals surface area contributed by atoms with Crippen molar-refractivity contribution in [3.8, 4) is 5.69 Å². The van der Waals surface area contributed by atoms with E-state index in [0.717, 1.165) is 17.8 Å². The fourth-order valence-electron chi connectivity index (χ4n) is 3.10. The number of aryl methyl sites for hydroxylation is 1. The third-order valence-corrected chi connectivity index (χ3v) is 4.75. The van der Waals surface area contributed by atoms with E-state index in [9.17, 15) is 4.79 Å². The summed E-state index contributed by atoms with van der Waals surface area (Å²) in [5.41, 5.74) is 8.49. The predicted octanol–water partition coefficient (Wildman–Crippen LogP) is 2.80. The molecule has 2 N–H and O–H groups in total. The highest BCUT2D eigenvalue weighted by molar-refractivity contribution is 5.95. The van der Waals surface area contributed by atoms with Crippen LogP contribution in [0.15, 0.2) is 36.5 Å². The third kappa shape index (κ3) is 3.47. The molecule has 1 amide bonds. The normalized spacial score (nSPS) is 19.7. The zero-order valence-corrected chi connectivity index (χ0v) is 15.2. The molecule has 0 bridgehead atoms. The summed E-state index contributed by atoms with van der Waals surface area (Å²) in [6.45, 7) is 7.52. The maximum absolute atomic E-state index is 12.9. The first-order valence-corrected chi connectivity index (χ1v) is 8.05. The molecule has 1 fully saturated rings. The number of hydrogen-bond acceptors (Lipinski definition) is 3. The summed E-state index contributed by atoms with van der Waals surface area (Å²) in [5, 5.41) is 4.49. The highest BCUT2D eigenvalue weighted by Crippen LogP contribution is 2.29. The summed E-state index contributed by atoms with van der Waals surface area (Å²) >= 11 is 0. The van der Waals surface area contributed by atoms with Gasteiger partial charge in [0.05, 0.1) is 16.9 Å². The smallest absolute Gasteiger partial charge is 0.257 e. The Kier molecular flexibility index (Phi) is 5.35. The van der Waals surface area contributed by atoms with E-state index in [1.54, 1.807) is 4.68 Å². The number of carbonyl (C=O) groups is 1. The molecule has 1 atom stereocenters. The van der Waals surface area contributed by atoms with Crippen LogP contribution in [0.3, 0.4) is 0 Å². The average molecular weight is 349 g/mol. The van der Waals surface area contributed by atoms with Gasteiger partial charge in [-0.25, -0.2) is 4.68 Å². The molecule has 1 unspecified atom stereocenters. The molecular weight excluding hydrogens is 324 g/mol. The van der Waals surface area contributed by atoms with E-state index in [2.05, 4.69) is 18.9 Å². The van der Waals surface area contributed by atoms with E-state index in [-0.39, 0.29) is 29.8 Å². The predicted molar refractivity (Wildman–Crippen MR) is 97.8 cm³/mol. The Bertz CT molecular complexity index is 711. The number of halogens is 1. The van der Waals surface area contributed by atoms with Crippen LogP contribution < -0.4 is 5.73 Å². The number of rotatable bonds is 2. The SMILES string of the molecule is Cc1nn(-c2ccccc2)cc1C(=O)N1CCC(N)C(C)(C)C1.Cl. The molecule has 1 aliphatic heterocycles. The van der Waals surface area contributed by atoms with Crippen LogP contribution in [0.5, 0.6) is 0 Å². The van der Waals surface area contributed by atoms with Gasteiger partial charge in [-0.3, -0.25) is 4.79 Å². The molecule has 0 radical (unpaired) electrons. The summed E-state index contributed by atoms with van der Waals surface area (Å²) in [4.78, 5) is 14.8. The number of benzene rings is 1. The molecule has 3 rings (SSSR count). The van der Waals surface area contributed by atoms with Crippen molar-refractivity contribution in [2.75, 3.05) is 13.1 Å². The first kappa shape index (κ1) is 18.5. The van der Waals surface area contributed by atoms with Crippen molar-refractivity contribution in [1.82, 2.24) is 14.7 Å². The zero-order valence-electron chi connectivity index (χ0n) is 14.4. The Balaban J connectivity index is 0.00000208. The second kappa shape index (κ2) is 6.95. The van der Waals surface area contributed by atoms with E-state index >= 15 is 0 Å². The van der Waals surface area contributed by atoms with Crippen LogP contribution >= 0.6 is 12.4 Å². The molecule has 1 aliphatic rings. The number of amides is 1. The molecular formula is C18H25ClN4O. The summed E-state index contributed by atoms with van der Waals surface area (Å²) < 4.78 is 1.77. The highest BCUT2D eigenvalue weighted by atomic mass is 35.5. The number of hydrogen-bond donors (Lipinski definition) is 1. The lowest BCUT2D eigenvalue weighted by Crippen LogP contribution is -2.54. The van der Waals surface area contributed by atoms with E-state index in [1.165, 1.54) is 0 Å². The van der Waals surface area contributed by atoms with Gasteiger partial charge in [0, 0.05) is 25.3 Å². The minimum absolute atomic E-state index is 0. The lowest BCUT2D eigenvalue weighted by Gasteiger charge is -2.42. The van der Waals surface area contributed by atoms with Crippen molar-refractivity contribution >= 4 is 18.3 Å². The molecule has 0 spiro atoms. The van der Waals surface area contributed by atoms with Crippen molar-refractivity contribution in [2.24, 2.45) is 11.1 Å². The number of nitrogens with two attached hydrogens (primary N) is 1. The molecule has 0 saturated carbocycles. The lowest BCUT2D eigenvalue weighted by molar-refractivity contribution is 0.0532. The number of para-hydroxylation sites is 1. The lowest BCUT2D eigenvalue weighted by atomic mass is 9.79. The van der Waals surface area contributed by atoms with Crippen LogP contribution in [0.25, 0.3) is 5.69 Å². The fraction of sp³-hybridized carbons (Fsp3) is 0.444. The maximum Gasteiger partial charge on any atom is 0.257 e. The van der Waals surface area contributed by atoms with Gasteiger partial charge in [0.15, 0.2) is 0 Å². The van der Waals surface area contributed by atoms with Gasteiger partial charge in [-0.05, 0) is 30.9 Å². The molecule has 5 nitrogen and oxygen atoms in total. The van der Waals surface area contributed by atoms with Gasteiger partial charge in [0.25, 0.3) is 5.91 Å². The van der Waals surface area contributed by atoms with Gasteiger partial charge >= 0.3 is 0 Å². The zero-order chi connectivity index (χ0) is 16.6. The van der Waals surface area contributed by atoms with Gasteiger partial charge in [-0.15, -0.1) is 12.4 Å². The number of likely N-dealkylation sites (tertiary alicyclic amines) is 1. The first-order chi connectivity index (χ1) is 10.9. The number of aromatic nitrogens is 2. The van der Waals surface area contributed by atoms with Gasteiger partial charge in [-0.2, -0.15) is 5.10 Å². The highest BCUT2D eigenvalue weighted by Gasteiger charge is 2.36. The molecule has 130 valence electrons. The van der Waals surface area contributed by atoms with Crippen LogP contribution in [0.1, 0.15) is 36.3 Å². The monoisotopic (exact) mass is 348 g/mol. The molecule has 6 heteroatoms. The molecule has 1 aromatic carbocycles. The topological polar surface area (TPSA) is 64.2 Å². The van der Waals surface area contributed by atoms with Crippen molar-refractivity contribution in [1.29, 1.82) is 0 Å². The Morgan fingerprint density at radius 1 is 1.29 bits per heavy atom. The van der Waals surface area contributed by atoms with E-state index < -0.39 is 0 Å². The van der Waals surface area contributed by atoms with Crippen LogP contribution in [-0.4, -0.2) is 39.7 Å². The second-order valence-electron chi connectivity index (χ2n) is 7.02. The number of nitrogens with zero attached hydrogens (tertiary/aromatic N) is 3. The minimum atomic E-state index is -0.0583. The first-order valence-electron chi connectivity index (χ1n) is 8.05. The Morgan fingerprint density at radius 3 is 2.58 bits per heavy atom. The van der Waals surface area contributed by atoms with Crippen LogP contribution in [-0.2, 0) is 0 Å². The van der Waals surface area contributed by atoms with E-state index in [4.69, 9.17) is 5.73 Å². The van der Waals surface area contributed by atoms with Crippen LogP contribution in [0, 0.1) is 12.3 Å². The Morgan fingerprint density at radius 2 is 1.96 bits per heavy atom.